The smallest absolute Gasteiger partial charge is 0.211 e. The maximum Gasteiger partial charge on any atom is 0.211 e. The van der Waals surface area contributed by atoms with E-state index in [1.807, 2.05) is 6.20 Å². The van der Waals surface area contributed by atoms with E-state index in [1.165, 1.54) is 23.4 Å². The molecule has 2 fully saturated rings. The molecule has 3 rings (SSSR count). The van der Waals surface area contributed by atoms with E-state index in [1.54, 1.807) is 4.68 Å². The number of rotatable bonds is 6. The fourth-order valence-corrected chi connectivity index (χ4v) is 3.28. The van der Waals surface area contributed by atoms with Crippen molar-refractivity contribution in [3.63, 3.8) is 0 Å². The van der Waals surface area contributed by atoms with Crippen molar-refractivity contribution in [2.24, 2.45) is 5.92 Å². The minimum Gasteiger partial charge on any atom is -0.375 e. The van der Waals surface area contributed by atoms with E-state index in [-0.39, 0.29) is 6.04 Å². The topological polar surface area (TPSA) is 77.3 Å². The van der Waals surface area contributed by atoms with E-state index < -0.39 is 10.0 Å². The van der Waals surface area contributed by atoms with Gasteiger partial charge in [-0.1, -0.05) is 5.21 Å². The first-order chi connectivity index (χ1) is 9.52. The molecule has 2 heterocycles. The SMILES string of the molecule is CS(=O)(=O)N1CCC(n2cc(COCC3CC3)nn2)C1. The highest BCUT2D eigenvalue weighted by molar-refractivity contribution is 7.88. The van der Waals surface area contributed by atoms with E-state index in [0.29, 0.717) is 19.7 Å². The third-order valence-corrected chi connectivity index (χ3v) is 5.10. The highest BCUT2D eigenvalue weighted by atomic mass is 32.2. The molecule has 8 heteroatoms. The molecule has 0 amide bonds. The molecule has 1 aromatic rings. The molecule has 1 atom stereocenters. The van der Waals surface area contributed by atoms with Gasteiger partial charge in [0.1, 0.15) is 5.69 Å². The molecule has 1 aliphatic heterocycles. The van der Waals surface area contributed by atoms with E-state index in [9.17, 15) is 8.42 Å². The van der Waals surface area contributed by atoms with Gasteiger partial charge in [0, 0.05) is 19.7 Å². The van der Waals surface area contributed by atoms with Gasteiger partial charge in [0.15, 0.2) is 0 Å². The first-order valence-corrected chi connectivity index (χ1v) is 8.81. The van der Waals surface area contributed by atoms with Gasteiger partial charge in [-0.15, -0.1) is 5.10 Å². The molecule has 112 valence electrons. The lowest BCUT2D eigenvalue weighted by atomic mass is 10.3. The lowest BCUT2D eigenvalue weighted by molar-refractivity contribution is 0.108. The van der Waals surface area contributed by atoms with Crippen molar-refractivity contribution in [3.8, 4) is 0 Å². The van der Waals surface area contributed by atoms with Crippen LogP contribution in [0.3, 0.4) is 0 Å². The third kappa shape index (κ3) is 3.36. The molecule has 1 saturated heterocycles. The Kier molecular flexibility index (Phi) is 3.78. The van der Waals surface area contributed by atoms with Gasteiger partial charge in [-0.2, -0.15) is 4.31 Å². The maximum absolute atomic E-state index is 11.5. The van der Waals surface area contributed by atoms with Crippen molar-refractivity contribution in [2.45, 2.75) is 31.9 Å². The summed E-state index contributed by atoms with van der Waals surface area (Å²) in [5.74, 6) is 0.739. The lowest BCUT2D eigenvalue weighted by Gasteiger charge is -2.12. The van der Waals surface area contributed by atoms with Crippen molar-refractivity contribution in [3.05, 3.63) is 11.9 Å². The summed E-state index contributed by atoms with van der Waals surface area (Å²) in [6.07, 6.45) is 6.43. The molecule has 0 radical (unpaired) electrons. The molecule has 1 unspecified atom stereocenters. The summed E-state index contributed by atoms with van der Waals surface area (Å²) in [5, 5.41) is 8.18. The molecule has 1 saturated carbocycles. The molecule has 0 aromatic carbocycles. The van der Waals surface area contributed by atoms with Gasteiger partial charge in [-0.05, 0) is 25.2 Å². The summed E-state index contributed by atoms with van der Waals surface area (Å²) in [6, 6.07) is 0.0782. The Morgan fingerprint density at radius 3 is 2.85 bits per heavy atom. The van der Waals surface area contributed by atoms with Gasteiger partial charge in [-0.3, -0.25) is 0 Å². The van der Waals surface area contributed by atoms with Crippen molar-refractivity contribution in [1.82, 2.24) is 19.3 Å². The molecule has 20 heavy (non-hydrogen) atoms. The van der Waals surface area contributed by atoms with Crippen LogP contribution in [0.1, 0.15) is 31.0 Å². The normalized spacial score (nSPS) is 24.4. The van der Waals surface area contributed by atoms with Gasteiger partial charge < -0.3 is 4.74 Å². The maximum atomic E-state index is 11.5. The van der Waals surface area contributed by atoms with Gasteiger partial charge in [0.2, 0.25) is 10.0 Å². The van der Waals surface area contributed by atoms with Crippen LogP contribution in [0.4, 0.5) is 0 Å². The standard InChI is InChI=1S/C12H20N4O3S/c1-20(17,18)15-5-4-12(7-15)16-6-11(13-14-16)9-19-8-10-2-3-10/h6,10,12H,2-5,7-9H2,1H3. The number of nitrogens with zero attached hydrogens (tertiary/aromatic N) is 4. The average Bonchev–Trinajstić information content (AvgIpc) is 2.91. The van der Waals surface area contributed by atoms with Gasteiger partial charge in [0.25, 0.3) is 0 Å². The van der Waals surface area contributed by atoms with Crippen LogP contribution >= 0.6 is 0 Å². The molecular formula is C12H20N4O3S. The third-order valence-electron chi connectivity index (χ3n) is 3.83. The van der Waals surface area contributed by atoms with Crippen LogP contribution < -0.4 is 0 Å². The first-order valence-electron chi connectivity index (χ1n) is 6.96. The second kappa shape index (κ2) is 5.42. The Labute approximate surface area is 118 Å². The summed E-state index contributed by atoms with van der Waals surface area (Å²) in [6.45, 7) is 2.32. The predicted octanol–water partition coefficient (Wildman–Crippen LogP) is 0.411. The Bertz CT molecular complexity index is 567. The van der Waals surface area contributed by atoms with Crippen molar-refractivity contribution in [1.29, 1.82) is 0 Å². The van der Waals surface area contributed by atoms with Gasteiger partial charge >= 0.3 is 0 Å². The highest BCUT2D eigenvalue weighted by Gasteiger charge is 2.30. The molecule has 1 aromatic heterocycles. The largest absolute Gasteiger partial charge is 0.375 e. The summed E-state index contributed by atoms with van der Waals surface area (Å²) in [4.78, 5) is 0. The molecule has 0 spiro atoms. The number of hydrogen-bond donors (Lipinski definition) is 0. The minimum absolute atomic E-state index is 0.0782. The van der Waals surface area contributed by atoms with Gasteiger partial charge in [-0.25, -0.2) is 13.1 Å². The second-order valence-corrected chi connectivity index (χ2v) is 7.69. The Morgan fingerprint density at radius 1 is 1.40 bits per heavy atom. The zero-order valence-electron chi connectivity index (χ0n) is 11.6. The van der Waals surface area contributed by atoms with Crippen LogP contribution in [0, 0.1) is 5.92 Å². The van der Waals surface area contributed by atoms with Crippen LogP contribution in [0.5, 0.6) is 0 Å². The number of aromatic nitrogens is 3. The number of ether oxygens (including phenoxy) is 1. The van der Waals surface area contributed by atoms with Gasteiger partial charge in [0.05, 0.1) is 25.1 Å². The lowest BCUT2D eigenvalue weighted by Crippen LogP contribution is -2.28. The molecule has 7 nitrogen and oxygen atoms in total. The van der Waals surface area contributed by atoms with Crippen molar-refractivity contribution < 1.29 is 13.2 Å². The van der Waals surface area contributed by atoms with Crippen molar-refractivity contribution in [2.75, 3.05) is 26.0 Å². The zero-order valence-corrected chi connectivity index (χ0v) is 12.4. The predicted molar refractivity (Wildman–Crippen MR) is 72.5 cm³/mol. The number of hydrogen-bond acceptors (Lipinski definition) is 5. The highest BCUT2D eigenvalue weighted by Crippen LogP contribution is 2.29. The Morgan fingerprint density at radius 2 is 2.20 bits per heavy atom. The zero-order chi connectivity index (χ0) is 14.2. The van der Waals surface area contributed by atoms with Crippen molar-refractivity contribution >= 4 is 10.0 Å². The second-order valence-electron chi connectivity index (χ2n) is 5.71. The quantitative estimate of drug-likeness (QED) is 0.760. The van der Waals surface area contributed by atoms with E-state index in [2.05, 4.69) is 10.3 Å². The number of sulfonamides is 1. The fraction of sp³-hybridized carbons (Fsp3) is 0.833. The van der Waals surface area contributed by atoms with E-state index >= 15 is 0 Å². The van der Waals surface area contributed by atoms with E-state index in [4.69, 9.17) is 4.74 Å². The molecule has 2 aliphatic rings. The summed E-state index contributed by atoms with van der Waals surface area (Å²) < 4.78 is 31.8. The molecule has 1 aliphatic carbocycles. The summed E-state index contributed by atoms with van der Waals surface area (Å²) in [7, 11) is -3.11. The van der Waals surface area contributed by atoms with E-state index in [0.717, 1.165) is 24.6 Å². The van der Waals surface area contributed by atoms with Crippen LogP contribution in [0.15, 0.2) is 6.20 Å². The average molecular weight is 300 g/mol. The molecule has 0 N–H and O–H groups in total. The molecule has 0 bridgehead atoms. The van der Waals surface area contributed by atoms with Crippen LogP contribution in [-0.2, 0) is 21.4 Å². The Balaban J connectivity index is 1.54. The minimum atomic E-state index is -3.11. The Hall–Kier alpha value is -0.990. The fourth-order valence-electron chi connectivity index (χ4n) is 2.40. The van der Waals surface area contributed by atoms with Crippen LogP contribution in [0.25, 0.3) is 0 Å². The first kappa shape index (κ1) is 14.0. The molecular weight excluding hydrogens is 280 g/mol. The monoisotopic (exact) mass is 300 g/mol. The summed E-state index contributed by atoms with van der Waals surface area (Å²) >= 11 is 0. The summed E-state index contributed by atoms with van der Waals surface area (Å²) in [5.41, 5.74) is 0.809. The van der Waals surface area contributed by atoms with Crippen LogP contribution in [-0.4, -0.2) is 53.7 Å². The van der Waals surface area contributed by atoms with Crippen LogP contribution in [0.2, 0.25) is 0 Å².